The minimum atomic E-state index is -0.933. The molecule has 2 aromatic rings. The van der Waals surface area contributed by atoms with Gasteiger partial charge in [-0.15, -0.1) is 0 Å². The molecule has 0 aliphatic carbocycles. The maximum atomic E-state index is 11.0. The number of rotatable bonds is 4. The van der Waals surface area contributed by atoms with Gasteiger partial charge in [-0.25, -0.2) is 4.79 Å². The largest absolute Gasteiger partial charge is 0.478 e. The number of hydrogen-bond acceptors (Lipinski definition) is 3. The van der Waals surface area contributed by atoms with Crippen LogP contribution in [0.3, 0.4) is 0 Å². The van der Waals surface area contributed by atoms with Gasteiger partial charge in [0.25, 0.3) is 0 Å². The Labute approximate surface area is 109 Å². The number of nitrogens with one attached hydrogen (secondary N) is 1. The number of carboxylic acid groups (broad SMARTS) is 1. The van der Waals surface area contributed by atoms with Crippen molar-refractivity contribution < 1.29 is 14.3 Å². The first-order valence-electron chi connectivity index (χ1n) is 5.39. The number of halogens is 1. The minimum absolute atomic E-state index is 0.289. The summed E-state index contributed by atoms with van der Waals surface area (Å²) in [5.74, 6) is -0.239. The smallest absolute Gasteiger partial charge is 0.336 e. The van der Waals surface area contributed by atoms with E-state index in [-0.39, 0.29) is 5.56 Å². The molecule has 0 fully saturated rings. The van der Waals surface area contributed by atoms with E-state index in [2.05, 4.69) is 5.32 Å². The second kappa shape index (κ2) is 5.14. The van der Waals surface area contributed by atoms with Gasteiger partial charge in [-0.2, -0.15) is 0 Å². The minimum Gasteiger partial charge on any atom is -0.478 e. The lowest BCUT2D eigenvalue weighted by molar-refractivity contribution is 0.0696. The predicted octanol–water partition coefficient (Wildman–Crippen LogP) is 3.55. The van der Waals surface area contributed by atoms with Crippen molar-refractivity contribution in [2.75, 3.05) is 5.32 Å². The molecule has 94 valence electrons. The Morgan fingerprint density at radius 1 is 1.39 bits per heavy atom. The number of benzene rings is 1. The van der Waals surface area contributed by atoms with Crippen LogP contribution < -0.4 is 5.32 Å². The summed E-state index contributed by atoms with van der Waals surface area (Å²) >= 11 is 5.67. The van der Waals surface area contributed by atoms with Crippen LogP contribution in [0.5, 0.6) is 0 Å². The number of carbonyl (C=O) groups is 1. The second-order valence-electron chi connectivity index (χ2n) is 3.84. The van der Waals surface area contributed by atoms with Crippen LogP contribution in [0.2, 0.25) is 5.22 Å². The molecule has 0 saturated carbocycles. The van der Waals surface area contributed by atoms with Crippen molar-refractivity contribution in [3.05, 3.63) is 52.4 Å². The lowest BCUT2D eigenvalue weighted by Crippen LogP contribution is -2.05. The van der Waals surface area contributed by atoms with Crippen LogP contribution in [0.4, 0.5) is 5.69 Å². The highest BCUT2D eigenvalue weighted by Gasteiger charge is 2.10. The Kier molecular flexibility index (Phi) is 3.58. The van der Waals surface area contributed by atoms with Gasteiger partial charge < -0.3 is 14.8 Å². The molecule has 4 nitrogen and oxygen atoms in total. The summed E-state index contributed by atoms with van der Waals surface area (Å²) < 4.78 is 5.21. The fourth-order valence-electron chi connectivity index (χ4n) is 1.69. The van der Waals surface area contributed by atoms with Gasteiger partial charge in [0.05, 0.1) is 12.1 Å². The van der Waals surface area contributed by atoms with E-state index in [9.17, 15) is 4.79 Å². The molecule has 1 aromatic heterocycles. The van der Waals surface area contributed by atoms with Crippen LogP contribution in [0.25, 0.3) is 0 Å². The summed E-state index contributed by atoms with van der Waals surface area (Å²) in [4.78, 5) is 11.0. The molecule has 0 unspecified atom stereocenters. The molecular weight excluding hydrogens is 254 g/mol. The van der Waals surface area contributed by atoms with Crippen LogP contribution in [-0.4, -0.2) is 11.1 Å². The maximum Gasteiger partial charge on any atom is 0.336 e. The molecule has 0 saturated heterocycles. The lowest BCUT2D eigenvalue weighted by Gasteiger charge is -2.10. The summed E-state index contributed by atoms with van der Waals surface area (Å²) in [5, 5.41) is 12.5. The molecule has 0 bridgehead atoms. The molecule has 0 radical (unpaired) electrons. The van der Waals surface area contributed by atoms with E-state index in [1.807, 2.05) is 6.07 Å². The lowest BCUT2D eigenvalue weighted by atomic mass is 10.1. The second-order valence-corrected chi connectivity index (χ2v) is 4.22. The molecule has 0 spiro atoms. The summed E-state index contributed by atoms with van der Waals surface area (Å²) in [6.07, 6.45) is 0. The normalized spacial score (nSPS) is 10.3. The zero-order chi connectivity index (χ0) is 13.1. The zero-order valence-corrected chi connectivity index (χ0v) is 10.5. The van der Waals surface area contributed by atoms with Gasteiger partial charge >= 0.3 is 5.97 Å². The molecule has 18 heavy (non-hydrogen) atoms. The van der Waals surface area contributed by atoms with Gasteiger partial charge in [-0.3, -0.25) is 0 Å². The Morgan fingerprint density at radius 3 is 2.78 bits per heavy atom. The monoisotopic (exact) mass is 265 g/mol. The van der Waals surface area contributed by atoms with Crippen molar-refractivity contribution in [1.82, 2.24) is 0 Å². The molecule has 2 N–H and O–H groups in total. The fraction of sp³-hybridized carbons (Fsp3) is 0.154. The third kappa shape index (κ3) is 2.65. The molecular formula is C13H12ClNO3. The Bertz CT molecular complexity index is 577. The quantitative estimate of drug-likeness (QED) is 0.887. The molecule has 1 aromatic carbocycles. The van der Waals surface area contributed by atoms with Gasteiger partial charge in [-0.05, 0) is 48.4 Å². The summed E-state index contributed by atoms with van der Waals surface area (Å²) in [5.41, 5.74) is 1.75. The average Bonchev–Trinajstić information content (AvgIpc) is 2.73. The number of aromatic carboxylic acids is 1. The zero-order valence-electron chi connectivity index (χ0n) is 9.74. The average molecular weight is 266 g/mol. The van der Waals surface area contributed by atoms with E-state index in [0.717, 1.165) is 5.69 Å². The maximum absolute atomic E-state index is 11.0. The first-order valence-corrected chi connectivity index (χ1v) is 5.76. The van der Waals surface area contributed by atoms with Crippen LogP contribution in [0.15, 0.2) is 34.7 Å². The number of carboxylic acids is 1. The van der Waals surface area contributed by atoms with Gasteiger partial charge in [0.1, 0.15) is 5.76 Å². The Morgan fingerprint density at radius 2 is 2.17 bits per heavy atom. The van der Waals surface area contributed by atoms with Crippen molar-refractivity contribution in [2.45, 2.75) is 13.5 Å². The SMILES string of the molecule is Cc1c(NCc2ccc(Cl)o2)cccc1C(=O)O. The van der Waals surface area contributed by atoms with E-state index in [1.165, 1.54) is 0 Å². The van der Waals surface area contributed by atoms with Crippen molar-refractivity contribution in [3.63, 3.8) is 0 Å². The first-order chi connectivity index (χ1) is 8.58. The van der Waals surface area contributed by atoms with Crippen LogP contribution >= 0.6 is 11.6 Å². The summed E-state index contributed by atoms with van der Waals surface area (Å²) in [7, 11) is 0. The topological polar surface area (TPSA) is 62.5 Å². The molecule has 0 aliphatic heterocycles. The van der Waals surface area contributed by atoms with Crippen molar-refractivity contribution in [1.29, 1.82) is 0 Å². The Hall–Kier alpha value is -1.94. The van der Waals surface area contributed by atoms with E-state index >= 15 is 0 Å². The molecule has 0 atom stereocenters. The number of furan rings is 1. The molecule has 2 rings (SSSR count). The van der Waals surface area contributed by atoms with Crippen LogP contribution in [0, 0.1) is 6.92 Å². The van der Waals surface area contributed by atoms with E-state index < -0.39 is 5.97 Å². The van der Waals surface area contributed by atoms with Crippen molar-refractivity contribution in [3.8, 4) is 0 Å². The highest BCUT2D eigenvalue weighted by atomic mass is 35.5. The van der Waals surface area contributed by atoms with E-state index in [0.29, 0.717) is 23.1 Å². The molecule has 0 amide bonds. The van der Waals surface area contributed by atoms with Gasteiger partial charge in [-0.1, -0.05) is 6.07 Å². The standard InChI is InChI=1S/C13H12ClNO3/c1-8-10(13(16)17)3-2-4-11(8)15-7-9-5-6-12(14)18-9/h2-6,15H,7H2,1H3,(H,16,17). The third-order valence-electron chi connectivity index (χ3n) is 2.65. The first kappa shape index (κ1) is 12.5. The van der Waals surface area contributed by atoms with Gasteiger partial charge in [0.2, 0.25) is 0 Å². The molecule has 0 aliphatic rings. The number of hydrogen-bond donors (Lipinski definition) is 2. The molecule has 5 heteroatoms. The van der Waals surface area contributed by atoms with E-state index in [4.69, 9.17) is 21.1 Å². The predicted molar refractivity (Wildman–Crippen MR) is 69.2 cm³/mol. The van der Waals surface area contributed by atoms with Crippen LogP contribution in [0.1, 0.15) is 21.7 Å². The summed E-state index contributed by atoms with van der Waals surface area (Å²) in [6.45, 7) is 2.22. The van der Waals surface area contributed by atoms with Gasteiger partial charge in [0.15, 0.2) is 5.22 Å². The van der Waals surface area contributed by atoms with E-state index in [1.54, 1.807) is 31.2 Å². The van der Waals surface area contributed by atoms with Crippen LogP contribution in [-0.2, 0) is 6.54 Å². The van der Waals surface area contributed by atoms with Crippen molar-refractivity contribution >= 4 is 23.3 Å². The van der Waals surface area contributed by atoms with Crippen molar-refractivity contribution in [2.24, 2.45) is 0 Å². The fourth-order valence-corrected chi connectivity index (χ4v) is 1.85. The molecule has 1 heterocycles. The van der Waals surface area contributed by atoms with Gasteiger partial charge in [0, 0.05) is 5.69 Å². The number of anilines is 1. The summed E-state index contributed by atoms with van der Waals surface area (Å²) in [6, 6.07) is 8.54. The third-order valence-corrected chi connectivity index (χ3v) is 2.85. The highest BCUT2D eigenvalue weighted by Crippen LogP contribution is 2.20. The highest BCUT2D eigenvalue weighted by molar-refractivity contribution is 6.28. The Balaban J connectivity index is 2.14.